The summed E-state index contributed by atoms with van der Waals surface area (Å²) in [6.45, 7) is 0. The first kappa shape index (κ1) is 25.1. The van der Waals surface area contributed by atoms with E-state index in [0.29, 0.717) is 0 Å². The van der Waals surface area contributed by atoms with E-state index in [2.05, 4.69) is 181 Å². The van der Waals surface area contributed by atoms with Crippen LogP contribution in [0, 0.1) is 0 Å². The van der Waals surface area contributed by atoms with E-state index in [9.17, 15) is 0 Å². The zero-order chi connectivity index (χ0) is 28.6. The average Bonchev–Trinajstić information content (AvgIpc) is 3.08. The fourth-order valence-electron chi connectivity index (χ4n) is 6.39. The fraction of sp³-hybridized carbons (Fsp3) is 0. The summed E-state index contributed by atoms with van der Waals surface area (Å²) in [6.07, 6.45) is 0. The van der Waals surface area contributed by atoms with Crippen molar-refractivity contribution in [1.82, 2.24) is 0 Å². The van der Waals surface area contributed by atoms with E-state index < -0.39 is 0 Å². The molecule has 8 rings (SSSR count). The number of fused-ring (bicyclic) bond motifs is 3. The van der Waals surface area contributed by atoms with Gasteiger partial charge < -0.3 is 4.90 Å². The van der Waals surface area contributed by atoms with Crippen molar-refractivity contribution in [2.24, 2.45) is 0 Å². The van der Waals surface area contributed by atoms with Crippen molar-refractivity contribution in [2.45, 2.75) is 0 Å². The summed E-state index contributed by atoms with van der Waals surface area (Å²) in [4.78, 5) is 2.39. The molecule has 0 bridgehead atoms. The summed E-state index contributed by atoms with van der Waals surface area (Å²) < 4.78 is 0. The van der Waals surface area contributed by atoms with Gasteiger partial charge in [0.25, 0.3) is 0 Å². The Hall–Kier alpha value is -5.66. The Morgan fingerprint density at radius 3 is 1.44 bits per heavy atom. The van der Waals surface area contributed by atoms with Crippen LogP contribution in [0.1, 0.15) is 0 Å². The minimum atomic E-state index is 1.12. The van der Waals surface area contributed by atoms with Crippen molar-refractivity contribution in [3.8, 4) is 22.3 Å². The van der Waals surface area contributed by atoms with E-state index in [1.54, 1.807) is 0 Å². The lowest BCUT2D eigenvalue weighted by Crippen LogP contribution is -2.10. The maximum Gasteiger partial charge on any atom is 0.0540 e. The average molecular weight is 548 g/mol. The van der Waals surface area contributed by atoms with E-state index in [0.717, 1.165) is 17.1 Å². The van der Waals surface area contributed by atoms with Gasteiger partial charge in [0.05, 0.1) is 5.69 Å². The summed E-state index contributed by atoms with van der Waals surface area (Å²) in [5.74, 6) is 0. The quantitative estimate of drug-likeness (QED) is 0.207. The van der Waals surface area contributed by atoms with E-state index >= 15 is 0 Å². The van der Waals surface area contributed by atoms with Crippen molar-refractivity contribution in [2.75, 3.05) is 4.90 Å². The zero-order valence-corrected chi connectivity index (χ0v) is 23.7. The second-order valence-corrected chi connectivity index (χ2v) is 11.0. The first-order valence-electron chi connectivity index (χ1n) is 14.8. The molecule has 0 aromatic heterocycles. The van der Waals surface area contributed by atoms with Crippen LogP contribution in [-0.2, 0) is 0 Å². The smallest absolute Gasteiger partial charge is 0.0540 e. The topological polar surface area (TPSA) is 3.24 Å². The van der Waals surface area contributed by atoms with Crippen molar-refractivity contribution >= 4 is 49.4 Å². The highest BCUT2D eigenvalue weighted by Crippen LogP contribution is 2.41. The Morgan fingerprint density at radius 2 is 0.791 bits per heavy atom. The maximum atomic E-state index is 2.39. The predicted molar refractivity (Wildman–Crippen MR) is 185 cm³/mol. The third-order valence-corrected chi connectivity index (χ3v) is 8.44. The molecule has 8 aromatic carbocycles. The van der Waals surface area contributed by atoms with Crippen LogP contribution in [0.15, 0.2) is 176 Å². The van der Waals surface area contributed by atoms with Crippen molar-refractivity contribution in [1.29, 1.82) is 0 Å². The van der Waals surface area contributed by atoms with Crippen LogP contribution in [0.2, 0.25) is 0 Å². The Balaban J connectivity index is 1.30. The molecule has 0 radical (unpaired) electrons. The standard InChI is InChI=1S/C42H29N/c1-4-19-37-30(11-1)14-8-22-39(37)33-25-27-35(28-26-33)43(42-24-10-16-32-13-3-6-21-41(32)42)36-18-7-17-34(29-36)40-23-9-15-31-12-2-5-20-38(31)40/h1-29H. The zero-order valence-electron chi connectivity index (χ0n) is 23.7. The highest BCUT2D eigenvalue weighted by atomic mass is 15.1. The molecule has 0 atom stereocenters. The van der Waals surface area contributed by atoms with E-state index in [1.807, 2.05) is 0 Å². The van der Waals surface area contributed by atoms with Crippen LogP contribution in [0.5, 0.6) is 0 Å². The summed E-state index contributed by atoms with van der Waals surface area (Å²) in [6, 6.07) is 63.5. The molecule has 43 heavy (non-hydrogen) atoms. The molecule has 0 spiro atoms. The van der Waals surface area contributed by atoms with Crippen LogP contribution < -0.4 is 4.90 Å². The van der Waals surface area contributed by atoms with Gasteiger partial charge in [-0.25, -0.2) is 0 Å². The molecule has 8 aromatic rings. The molecule has 0 fully saturated rings. The Bertz CT molecular complexity index is 2230. The Morgan fingerprint density at radius 1 is 0.302 bits per heavy atom. The Labute approximate surface area is 251 Å². The van der Waals surface area contributed by atoms with Crippen molar-refractivity contribution in [3.05, 3.63) is 176 Å². The molecular formula is C42H29N. The number of hydrogen-bond acceptors (Lipinski definition) is 1. The van der Waals surface area contributed by atoms with Gasteiger partial charge in [0, 0.05) is 16.8 Å². The number of anilines is 3. The van der Waals surface area contributed by atoms with Crippen LogP contribution in [0.25, 0.3) is 54.6 Å². The number of benzene rings is 8. The molecule has 0 aliphatic heterocycles. The first-order valence-corrected chi connectivity index (χ1v) is 14.8. The summed E-state index contributed by atoms with van der Waals surface area (Å²) in [7, 11) is 0. The lowest BCUT2D eigenvalue weighted by Gasteiger charge is -2.27. The van der Waals surface area contributed by atoms with Crippen LogP contribution in [0.4, 0.5) is 17.1 Å². The second kappa shape index (κ2) is 10.6. The molecule has 0 N–H and O–H groups in total. The molecule has 0 amide bonds. The fourth-order valence-corrected chi connectivity index (χ4v) is 6.39. The number of hydrogen-bond donors (Lipinski definition) is 0. The minimum absolute atomic E-state index is 1.12. The number of nitrogens with zero attached hydrogens (tertiary/aromatic N) is 1. The minimum Gasteiger partial charge on any atom is -0.310 e. The molecule has 1 heteroatoms. The van der Waals surface area contributed by atoms with Gasteiger partial charge in [-0.15, -0.1) is 0 Å². The molecule has 0 aliphatic rings. The van der Waals surface area contributed by atoms with Crippen LogP contribution in [0.3, 0.4) is 0 Å². The highest BCUT2D eigenvalue weighted by molar-refractivity contribution is 6.01. The summed E-state index contributed by atoms with van der Waals surface area (Å²) in [5.41, 5.74) is 8.31. The van der Waals surface area contributed by atoms with Gasteiger partial charge in [0.1, 0.15) is 0 Å². The number of rotatable bonds is 5. The van der Waals surface area contributed by atoms with E-state index in [1.165, 1.54) is 54.6 Å². The van der Waals surface area contributed by atoms with Gasteiger partial charge in [0.15, 0.2) is 0 Å². The van der Waals surface area contributed by atoms with Gasteiger partial charge in [-0.2, -0.15) is 0 Å². The molecule has 0 unspecified atom stereocenters. The summed E-state index contributed by atoms with van der Waals surface area (Å²) >= 11 is 0. The third-order valence-electron chi connectivity index (χ3n) is 8.44. The first-order chi connectivity index (χ1) is 21.3. The molecule has 0 aliphatic carbocycles. The molecule has 1 nitrogen and oxygen atoms in total. The largest absolute Gasteiger partial charge is 0.310 e. The lowest BCUT2D eigenvalue weighted by molar-refractivity contribution is 1.30. The maximum absolute atomic E-state index is 2.39. The molecule has 0 saturated heterocycles. The predicted octanol–water partition coefficient (Wildman–Crippen LogP) is 11.9. The normalized spacial score (nSPS) is 11.3. The highest BCUT2D eigenvalue weighted by Gasteiger charge is 2.17. The molecule has 0 heterocycles. The molecule has 0 saturated carbocycles. The van der Waals surface area contributed by atoms with Crippen LogP contribution >= 0.6 is 0 Å². The molecule has 202 valence electrons. The molecular weight excluding hydrogens is 518 g/mol. The Kier molecular flexibility index (Phi) is 6.20. The van der Waals surface area contributed by atoms with E-state index in [-0.39, 0.29) is 0 Å². The van der Waals surface area contributed by atoms with Gasteiger partial charge >= 0.3 is 0 Å². The van der Waals surface area contributed by atoms with Gasteiger partial charge in [-0.1, -0.05) is 146 Å². The second-order valence-electron chi connectivity index (χ2n) is 11.0. The van der Waals surface area contributed by atoms with Crippen molar-refractivity contribution < 1.29 is 0 Å². The van der Waals surface area contributed by atoms with Gasteiger partial charge in [-0.05, 0) is 79.5 Å². The van der Waals surface area contributed by atoms with Gasteiger partial charge in [0.2, 0.25) is 0 Å². The third kappa shape index (κ3) is 4.52. The summed E-state index contributed by atoms with van der Waals surface area (Å²) in [5, 5.41) is 7.48. The van der Waals surface area contributed by atoms with E-state index in [4.69, 9.17) is 0 Å². The van der Waals surface area contributed by atoms with Gasteiger partial charge in [-0.3, -0.25) is 0 Å². The SMILES string of the molecule is c1cc(-c2cccc3ccccc23)cc(N(c2ccc(-c3cccc4ccccc34)cc2)c2cccc3ccccc23)c1. The lowest BCUT2D eigenvalue weighted by atomic mass is 9.97. The van der Waals surface area contributed by atoms with Crippen molar-refractivity contribution in [3.63, 3.8) is 0 Å². The van der Waals surface area contributed by atoms with Crippen LogP contribution in [-0.4, -0.2) is 0 Å². The monoisotopic (exact) mass is 547 g/mol.